The van der Waals surface area contributed by atoms with Crippen LogP contribution < -0.4 is 14.4 Å². The molecule has 0 saturated carbocycles. The summed E-state index contributed by atoms with van der Waals surface area (Å²) in [6, 6.07) is 11.2. The highest BCUT2D eigenvalue weighted by Crippen LogP contribution is 2.31. The number of ether oxygens (including phenoxy) is 1. The third-order valence-electron chi connectivity index (χ3n) is 4.68. The van der Waals surface area contributed by atoms with E-state index in [1.54, 1.807) is 24.7 Å². The van der Waals surface area contributed by atoms with Gasteiger partial charge in [0.1, 0.15) is 11.8 Å². The normalized spacial score (nSPS) is 12.3. The molecule has 1 aromatic heterocycles. The zero-order valence-electron chi connectivity index (χ0n) is 17.3. The zero-order chi connectivity index (χ0) is 22.6. The molecule has 0 fully saturated rings. The SMILES string of the molecule is COc1ccc(N(C(C)C(=O)NCc2ccc(-n3ccnc3)cc2)S(C)(=O)=O)cc1Cl. The fourth-order valence-electron chi connectivity index (χ4n) is 3.14. The molecule has 0 bridgehead atoms. The number of amides is 1. The molecule has 1 atom stereocenters. The summed E-state index contributed by atoms with van der Waals surface area (Å²) < 4.78 is 32.9. The summed E-state index contributed by atoms with van der Waals surface area (Å²) in [5, 5.41) is 3.04. The van der Waals surface area contributed by atoms with Gasteiger partial charge in [0.25, 0.3) is 0 Å². The van der Waals surface area contributed by atoms with Gasteiger partial charge in [0.15, 0.2) is 0 Å². The van der Waals surface area contributed by atoms with Crippen LogP contribution in [0.25, 0.3) is 5.69 Å². The fourth-order valence-corrected chi connectivity index (χ4v) is 4.55. The molecular weight excluding hydrogens is 440 g/mol. The van der Waals surface area contributed by atoms with Crippen molar-refractivity contribution in [2.45, 2.75) is 19.5 Å². The molecule has 0 radical (unpaired) electrons. The Bertz CT molecular complexity index is 1150. The van der Waals surface area contributed by atoms with Crippen molar-refractivity contribution in [1.29, 1.82) is 0 Å². The lowest BCUT2D eigenvalue weighted by molar-refractivity contribution is -0.122. The molecule has 1 amide bonds. The molecular formula is C21H23ClN4O4S. The molecule has 10 heteroatoms. The van der Waals surface area contributed by atoms with E-state index in [1.165, 1.54) is 20.1 Å². The van der Waals surface area contributed by atoms with Crippen molar-refractivity contribution in [1.82, 2.24) is 14.9 Å². The van der Waals surface area contributed by atoms with Crippen LogP contribution in [0.15, 0.2) is 61.2 Å². The maximum atomic E-state index is 12.8. The monoisotopic (exact) mass is 462 g/mol. The van der Waals surface area contributed by atoms with Gasteiger partial charge in [-0.3, -0.25) is 9.10 Å². The Morgan fingerprint density at radius 3 is 2.52 bits per heavy atom. The maximum Gasteiger partial charge on any atom is 0.243 e. The maximum absolute atomic E-state index is 12.8. The number of imidazole rings is 1. The number of nitrogens with one attached hydrogen (secondary N) is 1. The Morgan fingerprint density at radius 2 is 1.97 bits per heavy atom. The second kappa shape index (κ2) is 9.40. The van der Waals surface area contributed by atoms with Crippen molar-refractivity contribution < 1.29 is 17.9 Å². The minimum absolute atomic E-state index is 0.249. The third-order valence-corrected chi connectivity index (χ3v) is 6.22. The molecule has 0 spiro atoms. The lowest BCUT2D eigenvalue weighted by Crippen LogP contribution is -2.47. The molecule has 3 aromatic rings. The standard InChI is InChI=1S/C21H23ClN4O4S/c1-15(26(31(3,28)29)18-8-9-20(30-2)19(22)12-18)21(27)24-13-16-4-6-17(7-5-16)25-11-10-23-14-25/h4-12,14-15H,13H2,1-3H3,(H,24,27). The average Bonchev–Trinajstić information content (AvgIpc) is 3.26. The van der Waals surface area contributed by atoms with Gasteiger partial charge >= 0.3 is 0 Å². The van der Waals surface area contributed by atoms with E-state index in [9.17, 15) is 13.2 Å². The van der Waals surface area contributed by atoms with Crippen LogP contribution in [0.2, 0.25) is 5.02 Å². The van der Waals surface area contributed by atoms with Crippen LogP contribution in [-0.4, -0.2) is 43.3 Å². The van der Waals surface area contributed by atoms with Gasteiger partial charge in [-0.25, -0.2) is 13.4 Å². The van der Waals surface area contributed by atoms with E-state index in [2.05, 4.69) is 10.3 Å². The van der Waals surface area contributed by atoms with Crippen LogP contribution >= 0.6 is 11.6 Å². The van der Waals surface area contributed by atoms with Crippen LogP contribution in [-0.2, 0) is 21.4 Å². The Morgan fingerprint density at radius 1 is 1.26 bits per heavy atom. The minimum atomic E-state index is -3.75. The molecule has 1 unspecified atom stereocenters. The third kappa shape index (κ3) is 5.36. The summed E-state index contributed by atoms with van der Waals surface area (Å²) in [4.78, 5) is 16.8. The first-order valence-electron chi connectivity index (χ1n) is 9.38. The number of rotatable bonds is 8. The van der Waals surface area contributed by atoms with E-state index in [-0.39, 0.29) is 17.3 Å². The first kappa shape index (κ1) is 22.6. The summed E-state index contributed by atoms with van der Waals surface area (Å²) in [5.74, 6) is -0.0221. The molecule has 164 valence electrons. The van der Waals surface area contributed by atoms with Gasteiger partial charge in [-0.1, -0.05) is 23.7 Å². The predicted molar refractivity (Wildman–Crippen MR) is 120 cm³/mol. The number of hydrogen-bond donors (Lipinski definition) is 1. The van der Waals surface area contributed by atoms with Crippen molar-refractivity contribution in [3.8, 4) is 11.4 Å². The van der Waals surface area contributed by atoms with Crippen molar-refractivity contribution in [2.75, 3.05) is 17.7 Å². The average molecular weight is 463 g/mol. The van der Waals surface area contributed by atoms with E-state index < -0.39 is 22.0 Å². The van der Waals surface area contributed by atoms with Gasteiger partial charge in [-0.15, -0.1) is 0 Å². The summed E-state index contributed by atoms with van der Waals surface area (Å²) in [6.07, 6.45) is 6.27. The number of carbonyl (C=O) groups is 1. The fraction of sp³-hybridized carbons (Fsp3) is 0.238. The molecule has 0 aliphatic rings. The van der Waals surface area contributed by atoms with Gasteiger partial charge < -0.3 is 14.6 Å². The number of benzene rings is 2. The van der Waals surface area contributed by atoms with E-state index in [0.717, 1.165) is 21.8 Å². The van der Waals surface area contributed by atoms with Gasteiger partial charge in [0, 0.05) is 24.6 Å². The number of carbonyl (C=O) groups excluding carboxylic acids is 1. The van der Waals surface area contributed by atoms with Crippen LogP contribution in [0.5, 0.6) is 5.75 Å². The molecule has 1 heterocycles. The highest BCUT2D eigenvalue weighted by atomic mass is 35.5. The Labute approximate surface area is 186 Å². The molecule has 1 N–H and O–H groups in total. The Hall–Kier alpha value is -3.04. The number of aromatic nitrogens is 2. The van der Waals surface area contributed by atoms with Gasteiger partial charge in [-0.2, -0.15) is 0 Å². The number of methoxy groups -OCH3 is 1. The minimum Gasteiger partial charge on any atom is -0.495 e. The van der Waals surface area contributed by atoms with Gasteiger partial charge in [0.2, 0.25) is 15.9 Å². The number of anilines is 1. The Kier molecular flexibility index (Phi) is 6.87. The molecule has 2 aromatic carbocycles. The quantitative estimate of drug-likeness (QED) is 0.555. The van der Waals surface area contributed by atoms with Crippen molar-refractivity contribution in [3.63, 3.8) is 0 Å². The summed E-state index contributed by atoms with van der Waals surface area (Å²) >= 11 is 6.15. The van der Waals surface area contributed by atoms with Gasteiger partial charge in [-0.05, 0) is 42.8 Å². The largest absolute Gasteiger partial charge is 0.495 e. The topological polar surface area (TPSA) is 93.5 Å². The number of halogens is 1. The summed E-state index contributed by atoms with van der Waals surface area (Å²) in [5.41, 5.74) is 2.10. The molecule has 0 saturated heterocycles. The smallest absolute Gasteiger partial charge is 0.243 e. The number of nitrogens with zero attached hydrogens (tertiary/aromatic N) is 3. The first-order valence-corrected chi connectivity index (χ1v) is 11.6. The van der Waals surface area contributed by atoms with Crippen LogP contribution in [0, 0.1) is 0 Å². The van der Waals surface area contributed by atoms with Crippen molar-refractivity contribution in [2.24, 2.45) is 0 Å². The summed E-state index contributed by atoms with van der Waals surface area (Å²) in [7, 11) is -2.28. The van der Waals surface area contributed by atoms with Crippen LogP contribution in [0.1, 0.15) is 12.5 Å². The van der Waals surface area contributed by atoms with E-state index in [1.807, 2.05) is 35.0 Å². The molecule has 8 nitrogen and oxygen atoms in total. The van der Waals surface area contributed by atoms with Crippen molar-refractivity contribution in [3.05, 3.63) is 71.8 Å². The summed E-state index contributed by atoms with van der Waals surface area (Å²) in [6.45, 7) is 1.78. The first-order chi connectivity index (χ1) is 14.7. The van der Waals surface area contributed by atoms with E-state index in [4.69, 9.17) is 16.3 Å². The second-order valence-corrected chi connectivity index (χ2v) is 9.17. The Balaban J connectivity index is 1.72. The predicted octanol–water partition coefficient (Wildman–Crippen LogP) is 3.01. The highest BCUT2D eigenvalue weighted by molar-refractivity contribution is 7.92. The van der Waals surface area contributed by atoms with E-state index in [0.29, 0.717) is 5.75 Å². The molecule has 0 aliphatic heterocycles. The lowest BCUT2D eigenvalue weighted by atomic mass is 10.2. The lowest BCUT2D eigenvalue weighted by Gasteiger charge is -2.28. The number of hydrogen-bond acceptors (Lipinski definition) is 5. The second-order valence-electron chi connectivity index (χ2n) is 6.91. The molecule has 31 heavy (non-hydrogen) atoms. The van der Waals surface area contributed by atoms with Crippen molar-refractivity contribution >= 4 is 33.2 Å². The zero-order valence-corrected chi connectivity index (χ0v) is 18.9. The molecule has 3 rings (SSSR count). The highest BCUT2D eigenvalue weighted by Gasteiger charge is 2.29. The van der Waals surface area contributed by atoms with E-state index >= 15 is 0 Å². The van der Waals surface area contributed by atoms with Gasteiger partial charge in [0.05, 0.1) is 30.4 Å². The van der Waals surface area contributed by atoms with Crippen LogP contribution in [0.4, 0.5) is 5.69 Å². The van der Waals surface area contributed by atoms with Crippen LogP contribution in [0.3, 0.4) is 0 Å². The molecule has 0 aliphatic carbocycles. The number of sulfonamides is 1.